The van der Waals surface area contributed by atoms with Gasteiger partial charge in [-0.05, 0) is 68.9 Å². The lowest BCUT2D eigenvalue weighted by Crippen LogP contribution is -2.51. The van der Waals surface area contributed by atoms with Gasteiger partial charge in [0.25, 0.3) is 5.56 Å². The predicted octanol–water partition coefficient (Wildman–Crippen LogP) is 3.79. The first-order valence-electron chi connectivity index (χ1n) is 13.7. The highest BCUT2D eigenvalue weighted by Crippen LogP contribution is 2.25. The van der Waals surface area contributed by atoms with E-state index in [9.17, 15) is 23.6 Å². The van der Waals surface area contributed by atoms with Gasteiger partial charge in [-0.15, -0.1) is 0 Å². The molecule has 2 aliphatic heterocycles. The van der Waals surface area contributed by atoms with Crippen molar-refractivity contribution in [3.05, 3.63) is 86.4 Å². The summed E-state index contributed by atoms with van der Waals surface area (Å²) in [5, 5.41) is 3.00. The van der Waals surface area contributed by atoms with E-state index in [0.717, 1.165) is 22.2 Å². The van der Waals surface area contributed by atoms with Gasteiger partial charge in [-0.2, -0.15) is 0 Å². The van der Waals surface area contributed by atoms with E-state index in [4.69, 9.17) is 0 Å². The molecule has 10 heteroatoms. The number of carbonyl (C=O) groups is 2. The number of likely N-dealkylation sites (tertiary alicyclic amines) is 1. The van der Waals surface area contributed by atoms with Gasteiger partial charge in [0.2, 0.25) is 5.91 Å². The molecular weight excluding hydrogens is 513 g/mol. The highest BCUT2D eigenvalue weighted by atomic mass is 19.1. The fourth-order valence-electron chi connectivity index (χ4n) is 5.68. The van der Waals surface area contributed by atoms with Crippen molar-refractivity contribution in [2.24, 2.45) is 0 Å². The molecule has 1 aromatic heterocycles. The topological polar surface area (TPSA) is 96.7 Å². The average Bonchev–Trinajstić information content (AvgIpc) is 3.10. The van der Waals surface area contributed by atoms with Crippen LogP contribution in [0.25, 0.3) is 11.1 Å². The lowest BCUT2D eigenvalue weighted by molar-refractivity contribution is -0.133. The number of benzene rings is 2. The smallest absolute Gasteiger partial charge is 0.331 e. The van der Waals surface area contributed by atoms with Gasteiger partial charge in [-0.3, -0.25) is 18.7 Å². The maximum Gasteiger partial charge on any atom is 0.331 e. The summed E-state index contributed by atoms with van der Waals surface area (Å²) in [6.45, 7) is 6.30. The molecule has 0 atom stereocenters. The molecule has 1 N–H and O–H groups in total. The molecule has 0 saturated carbocycles. The molecule has 3 heterocycles. The van der Waals surface area contributed by atoms with Gasteiger partial charge < -0.3 is 15.1 Å². The molecule has 1 fully saturated rings. The Bertz CT molecular complexity index is 1570. The van der Waals surface area contributed by atoms with Gasteiger partial charge >= 0.3 is 11.7 Å². The van der Waals surface area contributed by atoms with Crippen LogP contribution in [0.1, 0.15) is 43.9 Å². The van der Waals surface area contributed by atoms with Crippen molar-refractivity contribution < 1.29 is 14.0 Å². The van der Waals surface area contributed by atoms with Crippen molar-refractivity contribution in [1.82, 2.24) is 18.9 Å². The van der Waals surface area contributed by atoms with Crippen LogP contribution in [-0.4, -0.2) is 56.5 Å². The van der Waals surface area contributed by atoms with Gasteiger partial charge in [0.05, 0.1) is 5.56 Å². The van der Waals surface area contributed by atoms with Crippen molar-refractivity contribution >= 4 is 17.6 Å². The summed E-state index contributed by atoms with van der Waals surface area (Å²) in [5.41, 5.74) is 1.70. The summed E-state index contributed by atoms with van der Waals surface area (Å²) in [4.78, 5) is 56.3. The van der Waals surface area contributed by atoms with Crippen LogP contribution in [0.15, 0.2) is 58.3 Å². The lowest BCUT2D eigenvalue weighted by atomic mass is 10.0. The quantitative estimate of drug-likeness (QED) is 0.526. The Hall–Kier alpha value is -4.21. The molecule has 210 valence electrons. The normalized spacial score (nSPS) is 16.1. The van der Waals surface area contributed by atoms with Crippen LogP contribution >= 0.6 is 0 Å². The maximum atomic E-state index is 14.3. The van der Waals surface area contributed by atoms with E-state index in [1.54, 1.807) is 31.7 Å². The number of hydrogen-bond acceptors (Lipinski definition) is 4. The number of nitrogens with one attached hydrogen (secondary N) is 1. The van der Waals surface area contributed by atoms with E-state index < -0.39 is 23.1 Å². The number of aromatic nitrogens is 2. The summed E-state index contributed by atoms with van der Waals surface area (Å²) in [6.07, 6.45) is 3.39. The Morgan fingerprint density at radius 1 is 1.00 bits per heavy atom. The van der Waals surface area contributed by atoms with E-state index in [0.29, 0.717) is 43.6 Å². The standard InChI is InChI=1S/C30H34FN5O4/c1-19(2)36-28(38)24(23-8-6-9-25(31)20(23)3)17-34(30(36)40)18-27(37)33-14-12-22(13-15-33)35-16-11-21-7-4-5-10-26(21)32-29(35)39/h4-10,17,19,22H,11-16,18H2,1-3H3,(H,32,39). The van der Waals surface area contributed by atoms with Crippen LogP contribution in [0, 0.1) is 12.7 Å². The maximum absolute atomic E-state index is 14.3. The Kier molecular flexibility index (Phi) is 7.60. The summed E-state index contributed by atoms with van der Waals surface area (Å²) in [7, 11) is 0. The number of hydrogen-bond donors (Lipinski definition) is 1. The molecule has 0 bridgehead atoms. The minimum atomic E-state index is -0.582. The molecule has 0 spiro atoms. The van der Waals surface area contributed by atoms with Crippen LogP contribution in [-0.2, 0) is 17.8 Å². The van der Waals surface area contributed by atoms with Gasteiger partial charge in [0, 0.05) is 43.6 Å². The first-order valence-corrected chi connectivity index (χ1v) is 13.7. The van der Waals surface area contributed by atoms with E-state index in [-0.39, 0.29) is 30.1 Å². The molecular formula is C30H34FN5O4. The Balaban J connectivity index is 1.32. The van der Waals surface area contributed by atoms with Gasteiger partial charge in [-0.25, -0.2) is 14.0 Å². The highest BCUT2D eigenvalue weighted by Gasteiger charge is 2.31. The summed E-state index contributed by atoms with van der Waals surface area (Å²) in [6, 6.07) is 11.7. The minimum absolute atomic E-state index is 0.00601. The Morgan fingerprint density at radius 2 is 1.73 bits per heavy atom. The number of fused-ring (bicyclic) bond motifs is 1. The van der Waals surface area contributed by atoms with Gasteiger partial charge in [0.15, 0.2) is 0 Å². The zero-order valence-corrected chi connectivity index (χ0v) is 23.0. The molecule has 40 heavy (non-hydrogen) atoms. The van der Waals surface area contributed by atoms with E-state index in [1.165, 1.54) is 22.9 Å². The van der Waals surface area contributed by atoms with E-state index in [1.807, 2.05) is 29.2 Å². The largest absolute Gasteiger partial charge is 0.341 e. The van der Waals surface area contributed by atoms with Crippen LogP contribution in [0.3, 0.4) is 0 Å². The molecule has 0 aliphatic carbocycles. The third-order valence-electron chi connectivity index (χ3n) is 7.97. The van der Waals surface area contributed by atoms with Crippen LogP contribution in [0.4, 0.5) is 14.9 Å². The average molecular weight is 548 g/mol. The number of anilines is 1. The van der Waals surface area contributed by atoms with Crippen molar-refractivity contribution in [1.29, 1.82) is 0 Å². The van der Waals surface area contributed by atoms with Crippen LogP contribution in [0.5, 0.6) is 0 Å². The number of nitrogens with zero attached hydrogens (tertiary/aromatic N) is 4. The summed E-state index contributed by atoms with van der Waals surface area (Å²) >= 11 is 0. The highest BCUT2D eigenvalue weighted by molar-refractivity contribution is 5.91. The fraction of sp³-hybridized carbons (Fsp3) is 0.400. The molecule has 5 rings (SSSR count). The first-order chi connectivity index (χ1) is 19.2. The van der Waals surface area contributed by atoms with Gasteiger partial charge in [0.1, 0.15) is 12.4 Å². The Labute approximate surface area is 231 Å². The number of urea groups is 1. The number of para-hydroxylation sites is 1. The lowest BCUT2D eigenvalue weighted by Gasteiger charge is -2.38. The second-order valence-corrected chi connectivity index (χ2v) is 10.8. The zero-order valence-electron chi connectivity index (χ0n) is 23.0. The first kappa shape index (κ1) is 27.4. The fourth-order valence-corrected chi connectivity index (χ4v) is 5.68. The van der Waals surface area contributed by atoms with Crippen molar-refractivity contribution in [3.8, 4) is 11.1 Å². The number of amides is 3. The molecule has 2 aromatic carbocycles. The number of carbonyl (C=O) groups excluding carboxylic acids is 2. The van der Waals surface area contributed by atoms with Crippen LogP contribution in [0.2, 0.25) is 0 Å². The predicted molar refractivity (Wildman–Crippen MR) is 151 cm³/mol. The molecule has 9 nitrogen and oxygen atoms in total. The van der Waals surface area contributed by atoms with Crippen molar-refractivity contribution in [2.45, 2.75) is 58.7 Å². The number of rotatable bonds is 5. The monoisotopic (exact) mass is 547 g/mol. The number of piperidine rings is 1. The van der Waals surface area contributed by atoms with Crippen LogP contribution < -0.4 is 16.6 Å². The summed E-state index contributed by atoms with van der Waals surface area (Å²) < 4.78 is 16.7. The van der Waals surface area contributed by atoms with E-state index in [2.05, 4.69) is 5.32 Å². The molecule has 0 radical (unpaired) electrons. The molecule has 3 amide bonds. The second-order valence-electron chi connectivity index (χ2n) is 10.8. The summed E-state index contributed by atoms with van der Waals surface area (Å²) in [5.74, 6) is -0.698. The molecule has 3 aromatic rings. The van der Waals surface area contributed by atoms with Gasteiger partial charge in [-0.1, -0.05) is 30.3 Å². The second kappa shape index (κ2) is 11.1. The van der Waals surface area contributed by atoms with Crippen molar-refractivity contribution in [3.63, 3.8) is 0 Å². The van der Waals surface area contributed by atoms with E-state index >= 15 is 0 Å². The Morgan fingerprint density at radius 3 is 2.45 bits per heavy atom. The third-order valence-corrected chi connectivity index (χ3v) is 7.97. The molecule has 2 aliphatic rings. The molecule has 0 unspecified atom stereocenters. The molecule has 1 saturated heterocycles. The minimum Gasteiger partial charge on any atom is -0.341 e. The third kappa shape index (κ3) is 5.17. The van der Waals surface area contributed by atoms with Crippen molar-refractivity contribution in [2.75, 3.05) is 25.0 Å². The number of halogens is 1. The SMILES string of the molecule is Cc1c(F)cccc1-c1cn(CC(=O)N2CCC(N3CCc4ccccc4NC3=O)CC2)c(=O)n(C(C)C)c1=O. The zero-order chi connectivity index (χ0) is 28.6.